The molecule has 2 atom stereocenters. The number of carbonyl (C=O) groups is 2. The van der Waals surface area contributed by atoms with E-state index in [4.69, 9.17) is 27.9 Å². The number of nitrogens with zero attached hydrogens (tertiary/aromatic N) is 4. The van der Waals surface area contributed by atoms with Gasteiger partial charge < -0.3 is 14.5 Å². The van der Waals surface area contributed by atoms with Crippen LogP contribution in [0.4, 0.5) is 0 Å². The van der Waals surface area contributed by atoms with Crippen LogP contribution in [0.1, 0.15) is 33.6 Å². The van der Waals surface area contributed by atoms with Crippen molar-refractivity contribution in [1.29, 1.82) is 0 Å². The lowest BCUT2D eigenvalue weighted by atomic mass is 9.92. The van der Waals surface area contributed by atoms with Crippen LogP contribution in [0.25, 0.3) is 0 Å². The number of aromatic nitrogens is 2. The molecule has 2 saturated heterocycles. The molecule has 0 unspecified atom stereocenters. The second-order valence-electron chi connectivity index (χ2n) is 9.03. The third-order valence-electron chi connectivity index (χ3n) is 6.77. The summed E-state index contributed by atoms with van der Waals surface area (Å²) in [6, 6.07) is 12.2. The normalized spacial score (nSPS) is 19.5. The topological polar surface area (TPSA) is 75.6 Å². The van der Waals surface area contributed by atoms with Crippen LogP contribution >= 0.6 is 39.1 Å². The van der Waals surface area contributed by atoms with Crippen LogP contribution in [0.5, 0.6) is 11.6 Å². The van der Waals surface area contributed by atoms with Gasteiger partial charge in [0.15, 0.2) is 0 Å². The van der Waals surface area contributed by atoms with E-state index in [1.165, 1.54) is 12.4 Å². The number of hydrogen-bond acceptors (Lipinski definition) is 5. The Kier molecular flexibility index (Phi) is 7.46. The van der Waals surface area contributed by atoms with Crippen molar-refractivity contribution in [3.8, 4) is 11.6 Å². The number of benzene rings is 1. The summed E-state index contributed by atoms with van der Waals surface area (Å²) in [5.41, 5.74) is 1.08. The van der Waals surface area contributed by atoms with E-state index in [0.717, 1.165) is 12.8 Å². The summed E-state index contributed by atoms with van der Waals surface area (Å²) in [6.45, 7) is 2.67. The standard InChI is InChI=1S/C26H23BrCl2N4O3/c27-23-11-21(22(29)13-30-23)26(35)32-9-7-17-14-33(15-18(17)8-10-32)25(34)16-1-4-20(5-2-16)36-24-6-3-19(28)12-31-24/h1-6,11-13,17-18H,7-10,14-15H2/t17-,18+. The highest BCUT2D eigenvalue weighted by Crippen LogP contribution is 2.34. The van der Waals surface area contributed by atoms with Crippen molar-refractivity contribution in [2.24, 2.45) is 11.8 Å². The van der Waals surface area contributed by atoms with Crippen LogP contribution < -0.4 is 4.74 Å². The van der Waals surface area contributed by atoms with Gasteiger partial charge in [-0.15, -0.1) is 0 Å². The molecule has 186 valence electrons. The van der Waals surface area contributed by atoms with Gasteiger partial charge in [0.2, 0.25) is 5.88 Å². The van der Waals surface area contributed by atoms with E-state index in [1.54, 1.807) is 42.5 Å². The first kappa shape index (κ1) is 25.0. The smallest absolute Gasteiger partial charge is 0.255 e. The highest BCUT2D eigenvalue weighted by molar-refractivity contribution is 9.10. The molecule has 2 amide bonds. The number of amides is 2. The van der Waals surface area contributed by atoms with Crippen LogP contribution in [0.3, 0.4) is 0 Å². The van der Waals surface area contributed by atoms with Gasteiger partial charge in [-0.05, 0) is 77.0 Å². The number of pyridine rings is 2. The molecule has 10 heteroatoms. The van der Waals surface area contributed by atoms with Crippen LogP contribution in [-0.2, 0) is 0 Å². The van der Waals surface area contributed by atoms with Crippen molar-refractivity contribution < 1.29 is 14.3 Å². The molecule has 5 rings (SSSR count). The fourth-order valence-electron chi connectivity index (χ4n) is 4.86. The molecule has 2 aliphatic heterocycles. The molecule has 2 fully saturated rings. The highest BCUT2D eigenvalue weighted by Gasteiger charge is 2.38. The first-order valence-electron chi connectivity index (χ1n) is 11.7. The average Bonchev–Trinajstić information content (AvgIpc) is 3.19. The van der Waals surface area contributed by atoms with Gasteiger partial charge in [-0.2, -0.15) is 0 Å². The predicted molar refractivity (Wildman–Crippen MR) is 141 cm³/mol. The summed E-state index contributed by atoms with van der Waals surface area (Å²) in [4.78, 5) is 38.2. The molecule has 0 aliphatic carbocycles. The molecule has 0 N–H and O–H groups in total. The van der Waals surface area contributed by atoms with Gasteiger partial charge in [-0.1, -0.05) is 23.2 Å². The molecule has 36 heavy (non-hydrogen) atoms. The molecule has 7 nitrogen and oxygen atoms in total. The summed E-state index contributed by atoms with van der Waals surface area (Å²) >= 11 is 15.4. The first-order valence-corrected chi connectivity index (χ1v) is 13.2. The third kappa shape index (κ3) is 5.51. The zero-order chi connectivity index (χ0) is 25.2. The number of hydrogen-bond donors (Lipinski definition) is 0. The maximum Gasteiger partial charge on any atom is 0.255 e. The second-order valence-corrected chi connectivity index (χ2v) is 10.7. The van der Waals surface area contributed by atoms with Crippen LogP contribution in [-0.4, -0.2) is 57.8 Å². The van der Waals surface area contributed by atoms with Crippen LogP contribution in [0, 0.1) is 11.8 Å². The van der Waals surface area contributed by atoms with Gasteiger partial charge in [0.25, 0.3) is 11.8 Å². The van der Waals surface area contributed by atoms with Gasteiger partial charge in [0.05, 0.1) is 15.6 Å². The van der Waals surface area contributed by atoms with E-state index in [2.05, 4.69) is 25.9 Å². The maximum atomic E-state index is 13.2. The van der Waals surface area contributed by atoms with Gasteiger partial charge in [-0.3, -0.25) is 9.59 Å². The Hall–Kier alpha value is -2.68. The fourth-order valence-corrected chi connectivity index (χ4v) is 5.48. The van der Waals surface area contributed by atoms with Gasteiger partial charge >= 0.3 is 0 Å². The average molecular weight is 590 g/mol. The molecule has 0 spiro atoms. The van der Waals surface area contributed by atoms with E-state index in [-0.39, 0.29) is 11.8 Å². The second kappa shape index (κ2) is 10.7. The van der Waals surface area contributed by atoms with Gasteiger partial charge in [-0.25, -0.2) is 9.97 Å². The van der Waals surface area contributed by atoms with E-state index >= 15 is 0 Å². The minimum atomic E-state index is -0.0767. The largest absolute Gasteiger partial charge is 0.439 e. The summed E-state index contributed by atoms with van der Waals surface area (Å²) in [6.07, 6.45) is 4.71. The molecule has 4 heterocycles. The van der Waals surface area contributed by atoms with Crippen molar-refractivity contribution in [3.63, 3.8) is 0 Å². The lowest BCUT2D eigenvalue weighted by Crippen LogP contribution is -2.34. The lowest BCUT2D eigenvalue weighted by molar-refractivity contribution is 0.0734. The Bertz CT molecular complexity index is 1260. The zero-order valence-corrected chi connectivity index (χ0v) is 22.3. The molecule has 0 bridgehead atoms. The van der Waals surface area contributed by atoms with Crippen LogP contribution in [0.15, 0.2) is 59.5 Å². The maximum absolute atomic E-state index is 13.2. The monoisotopic (exact) mass is 588 g/mol. The lowest BCUT2D eigenvalue weighted by Gasteiger charge is -2.23. The van der Waals surface area contributed by atoms with E-state index in [1.807, 2.05) is 9.80 Å². The van der Waals surface area contributed by atoms with E-state index < -0.39 is 0 Å². The summed E-state index contributed by atoms with van der Waals surface area (Å²) in [5, 5.41) is 0.890. The first-order chi connectivity index (χ1) is 17.4. The quantitative estimate of drug-likeness (QED) is 0.351. The number of rotatable bonds is 4. The fraction of sp³-hybridized carbons (Fsp3) is 0.308. The summed E-state index contributed by atoms with van der Waals surface area (Å²) in [5.74, 6) is 1.70. The molecule has 0 radical (unpaired) electrons. The third-order valence-corrected chi connectivity index (χ3v) is 7.73. The van der Waals surface area contributed by atoms with Crippen LogP contribution in [0.2, 0.25) is 10.0 Å². The molecule has 2 aliphatic rings. The number of fused-ring (bicyclic) bond motifs is 1. The minimum absolute atomic E-state index is 0.0144. The Morgan fingerprint density at radius 2 is 1.58 bits per heavy atom. The molecular weight excluding hydrogens is 567 g/mol. The van der Waals surface area contributed by atoms with Gasteiger partial charge in [0, 0.05) is 50.2 Å². The number of ether oxygens (including phenoxy) is 1. The molecular formula is C26H23BrCl2N4O3. The zero-order valence-electron chi connectivity index (χ0n) is 19.2. The Labute approximate surface area is 227 Å². The van der Waals surface area contributed by atoms with Crippen molar-refractivity contribution in [1.82, 2.24) is 19.8 Å². The summed E-state index contributed by atoms with van der Waals surface area (Å²) < 4.78 is 6.30. The number of carbonyl (C=O) groups excluding carboxylic acids is 2. The van der Waals surface area contributed by atoms with Gasteiger partial charge in [0.1, 0.15) is 10.4 Å². The molecule has 3 aromatic rings. The SMILES string of the molecule is O=C(c1ccc(Oc2ccc(Cl)cn2)cc1)N1C[C@H]2CCN(C(=O)c3cc(Br)ncc3Cl)CC[C@H]2C1. The Morgan fingerprint density at radius 1 is 0.889 bits per heavy atom. The Morgan fingerprint density at radius 3 is 2.22 bits per heavy atom. The van der Waals surface area contributed by atoms with E-state index in [9.17, 15) is 9.59 Å². The molecule has 2 aromatic heterocycles. The predicted octanol–water partition coefficient (Wildman–Crippen LogP) is 5.96. The number of likely N-dealkylation sites (tertiary alicyclic amines) is 2. The van der Waals surface area contributed by atoms with Crippen molar-refractivity contribution in [3.05, 3.63) is 80.6 Å². The summed E-state index contributed by atoms with van der Waals surface area (Å²) in [7, 11) is 0. The van der Waals surface area contributed by atoms with Crippen molar-refractivity contribution >= 4 is 50.9 Å². The highest BCUT2D eigenvalue weighted by atomic mass is 79.9. The molecule has 0 saturated carbocycles. The Balaban J connectivity index is 1.18. The van der Waals surface area contributed by atoms with E-state index in [0.29, 0.717) is 75.4 Å². The number of halogens is 3. The van der Waals surface area contributed by atoms with Crippen molar-refractivity contribution in [2.75, 3.05) is 26.2 Å². The molecule has 1 aromatic carbocycles. The van der Waals surface area contributed by atoms with Crippen molar-refractivity contribution in [2.45, 2.75) is 12.8 Å². The minimum Gasteiger partial charge on any atom is -0.439 e.